The zero-order valence-electron chi connectivity index (χ0n) is 7.77. The number of aromatic amines is 1. The summed E-state index contributed by atoms with van der Waals surface area (Å²) < 4.78 is 0. The maximum absolute atomic E-state index is 11.1. The molecule has 0 fully saturated rings. The molecule has 0 amide bonds. The maximum atomic E-state index is 11.1. The molecule has 4 nitrogen and oxygen atoms in total. The molecule has 76 valence electrons. The number of hydrogen-bond acceptors (Lipinski definition) is 3. The van der Waals surface area contributed by atoms with Crippen LogP contribution in [0, 0.1) is 0 Å². The first-order chi connectivity index (χ1) is 7.16. The van der Waals surface area contributed by atoms with Gasteiger partial charge in [-0.1, -0.05) is 0 Å². The highest BCUT2D eigenvalue weighted by atomic mass is 16.3. The maximum Gasteiger partial charge on any atom is 0.182 e. The summed E-state index contributed by atoms with van der Waals surface area (Å²) in [7, 11) is 0. The van der Waals surface area contributed by atoms with E-state index in [4.69, 9.17) is 5.11 Å². The minimum atomic E-state index is -0.142. The highest BCUT2D eigenvalue weighted by Crippen LogP contribution is 2.29. The molecule has 0 aliphatic rings. The molecule has 1 heterocycles. The molecule has 0 spiro atoms. The number of aromatic hydroxyl groups is 2. The molecule has 0 bridgehead atoms. The molecule has 0 aliphatic carbocycles. The first kappa shape index (κ1) is 9.33. The molecule has 2 rings (SSSR count). The highest BCUT2D eigenvalue weighted by molar-refractivity contribution is 5.67. The van der Waals surface area contributed by atoms with Crippen LogP contribution >= 0.6 is 0 Å². The number of rotatable bonds is 1. The second kappa shape index (κ2) is 3.49. The van der Waals surface area contributed by atoms with Crippen molar-refractivity contribution < 1.29 is 10.2 Å². The van der Waals surface area contributed by atoms with Crippen LogP contribution in [0.1, 0.15) is 0 Å². The second-order valence-electron chi connectivity index (χ2n) is 3.14. The van der Waals surface area contributed by atoms with E-state index in [-0.39, 0.29) is 16.9 Å². The fraction of sp³-hybridized carbons (Fsp3) is 0. The predicted octanol–water partition coefficient (Wildman–Crippen LogP) is 1.45. The lowest BCUT2D eigenvalue weighted by Crippen LogP contribution is -1.97. The third-order valence-electron chi connectivity index (χ3n) is 2.04. The molecular formula is C11H9NO3. The topological polar surface area (TPSA) is 73.3 Å². The van der Waals surface area contributed by atoms with E-state index in [1.807, 2.05) is 0 Å². The minimum absolute atomic E-state index is 0.0190. The monoisotopic (exact) mass is 203 g/mol. The van der Waals surface area contributed by atoms with Crippen molar-refractivity contribution in [3.05, 3.63) is 46.8 Å². The average Bonchev–Trinajstić information content (AvgIpc) is 2.17. The van der Waals surface area contributed by atoms with Crippen LogP contribution < -0.4 is 5.43 Å². The van der Waals surface area contributed by atoms with Crippen LogP contribution in [-0.4, -0.2) is 15.2 Å². The molecule has 2 aromatic rings. The zero-order chi connectivity index (χ0) is 10.8. The summed E-state index contributed by atoms with van der Waals surface area (Å²) in [5.41, 5.74) is 0.849. The predicted molar refractivity (Wildman–Crippen MR) is 55.8 cm³/mol. The molecular weight excluding hydrogens is 194 g/mol. The summed E-state index contributed by atoms with van der Waals surface area (Å²) in [5, 5.41) is 18.7. The van der Waals surface area contributed by atoms with Crippen LogP contribution in [0.15, 0.2) is 41.3 Å². The van der Waals surface area contributed by atoms with E-state index in [1.54, 1.807) is 0 Å². The number of phenols is 2. The Morgan fingerprint density at radius 1 is 1.07 bits per heavy atom. The quantitative estimate of drug-likeness (QED) is 0.656. The van der Waals surface area contributed by atoms with Gasteiger partial charge in [0.1, 0.15) is 11.5 Å². The van der Waals surface area contributed by atoms with E-state index in [1.165, 1.54) is 36.5 Å². The Hall–Kier alpha value is -2.23. The van der Waals surface area contributed by atoms with Crippen molar-refractivity contribution >= 4 is 0 Å². The molecule has 0 aliphatic heterocycles. The van der Waals surface area contributed by atoms with Gasteiger partial charge >= 0.3 is 0 Å². The first-order valence-electron chi connectivity index (χ1n) is 4.38. The number of H-pyrrole nitrogens is 1. The van der Waals surface area contributed by atoms with Gasteiger partial charge in [0, 0.05) is 30.0 Å². The summed E-state index contributed by atoms with van der Waals surface area (Å²) in [6.45, 7) is 0. The smallest absolute Gasteiger partial charge is 0.182 e. The van der Waals surface area contributed by atoms with Gasteiger partial charge in [0.25, 0.3) is 0 Å². The van der Waals surface area contributed by atoms with Crippen molar-refractivity contribution in [1.82, 2.24) is 4.98 Å². The van der Waals surface area contributed by atoms with Crippen LogP contribution in [0.3, 0.4) is 0 Å². The molecule has 1 aromatic heterocycles. The zero-order valence-corrected chi connectivity index (χ0v) is 7.77. The van der Waals surface area contributed by atoms with Crippen LogP contribution in [0.25, 0.3) is 11.3 Å². The van der Waals surface area contributed by atoms with Crippen LogP contribution in [-0.2, 0) is 0 Å². The molecule has 0 saturated carbocycles. The van der Waals surface area contributed by atoms with Crippen molar-refractivity contribution in [2.45, 2.75) is 0 Å². The molecule has 3 N–H and O–H groups in total. The van der Waals surface area contributed by atoms with Crippen molar-refractivity contribution in [2.24, 2.45) is 0 Å². The molecule has 0 radical (unpaired) electrons. The molecule has 0 saturated heterocycles. The van der Waals surface area contributed by atoms with Gasteiger partial charge in [0.05, 0.1) is 5.69 Å². The van der Waals surface area contributed by atoms with Gasteiger partial charge < -0.3 is 15.2 Å². The van der Waals surface area contributed by atoms with Crippen molar-refractivity contribution in [3.8, 4) is 22.8 Å². The van der Waals surface area contributed by atoms with Crippen LogP contribution in [0.4, 0.5) is 0 Å². The normalized spacial score (nSPS) is 10.1. The summed E-state index contributed by atoms with van der Waals surface area (Å²) in [5.74, 6) is -0.0913. The lowest BCUT2D eigenvalue weighted by atomic mass is 10.1. The molecule has 4 heteroatoms. The Kier molecular flexibility index (Phi) is 2.17. The van der Waals surface area contributed by atoms with E-state index < -0.39 is 0 Å². The summed E-state index contributed by atoms with van der Waals surface area (Å²) in [6.07, 6.45) is 1.50. The van der Waals surface area contributed by atoms with E-state index >= 15 is 0 Å². The third-order valence-corrected chi connectivity index (χ3v) is 2.04. The Morgan fingerprint density at radius 2 is 1.87 bits per heavy atom. The fourth-order valence-corrected chi connectivity index (χ4v) is 1.35. The molecule has 1 aromatic carbocycles. The number of pyridine rings is 1. The standard InChI is InChI=1S/C11H9NO3/c13-7-1-2-9(11(15)6-7)10-5-8(14)3-4-12-10/h1-6,13,15H,(H,12,14). The minimum Gasteiger partial charge on any atom is -0.508 e. The van der Waals surface area contributed by atoms with Gasteiger partial charge in [-0.25, -0.2) is 0 Å². The lowest BCUT2D eigenvalue weighted by molar-refractivity contribution is 0.452. The van der Waals surface area contributed by atoms with Gasteiger partial charge in [-0.2, -0.15) is 0 Å². The van der Waals surface area contributed by atoms with E-state index in [2.05, 4.69) is 4.98 Å². The van der Waals surface area contributed by atoms with Crippen LogP contribution in [0.5, 0.6) is 11.5 Å². The largest absolute Gasteiger partial charge is 0.508 e. The summed E-state index contributed by atoms with van der Waals surface area (Å²) in [4.78, 5) is 13.9. The SMILES string of the molecule is O=c1cc[nH]c(-c2ccc(O)cc2O)c1. The Bertz CT molecular complexity index is 546. The molecule has 0 atom stereocenters. The first-order valence-corrected chi connectivity index (χ1v) is 4.38. The number of benzene rings is 1. The number of hydrogen-bond donors (Lipinski definition) is 3. The molecule has 15 heavy (non-hydrogen) atoms. The van der Waals surface area contributed by atoms with E-state index in [0.717, 1.165) is 0 Å². The van der Waals surface area contributed by atoms with Crippen LogP contribution in [0.2, 0.25) is 0 Å². The fourth-order valence-electron chi connectivity index (χ4n) is 1.35. The Morgan fingerprint density at radius 3 is 2.53 bits per heavy atom. The van der Waals surface area contributed by atoms with Gasteiger partial charge in [-0.05, 0) is 12.1 Å². The van der Waals surface area contributed by atoms with Crippen molar-refractivity contribution in [2.75, 3.05) is 0 Å². The van der Waals surface area contributed by atoms with Gasteiger partial charge in [0.15, 0.2) is 5.43 Å². The Labute approximate surface area is 85.5 Å². The van der Waals surface area contributed by atoms with Gasteiger partial charge in [-0.15, -0.1) is 0 Å². The lowest BCUT2D eigenvalue weighted by Gasteiger charge is -2.04. The second-order valence-corrected chi connectivity index (χ2v) is 3.14. The van der Waals surface area contributed by atoms with Crippen molar-refractivity contribution in [1.29, 1.82) is 0 Å². The van der Waals surface area contributed by atoms with Gasteiger partial charge in [-0.3, -0.25) is 4.79 Å². The third kappa shape index (κ3) is 1.83. The summed E-state index contributed by atoms with van der Waals surface area (Å²) >= 11 is 0. The average molecular weight is 203 g/mol. The Balaban J connectivity index is 2.59. The molecule has 0 unspecified atom stereocenters. The van der Waals surface area contributed by atoms with Gasteiger partial charge in [0.2, 0.25) is 0 Å². The number of nitrogens with one attached hydrogen (secondary N) is 1. The van der Waals surface area contributed by atoms with E-state index in [9.17, 15) is 9.90 Å². The van der Waals surface area contributed by atoms with Crippen molar-refractivity contribution in [3.63, 3.8) is 0 Å². The highest BCUT2D eigenvalue weighted by Gasteiger charge is 2.05. The summed E-state index contributed by atoms with van der Waals surface area (Å²) in [6, 6.07) is 6.98. The number of aromatic nitrogens is 1. The number of phenolic OH excluding ortho intramolecular Hbond substituents is 2. The van der Waals surface area contributed by atoms with E-state index in [0.29, 0.717) is 11.3 Å².